The Morgan fingerprint density at radius 3 is 2.70 bits per heavy atom. The van der Waals surface area contributed by atoms with Crippen LogP contribution in [0.3, 0.4) is 0 Å². The van der Waals surface area contributed by atoms with E-state index in [0.717, 1.165) is 19.4 Å². The molecule has 1 aromatic carbocycles. The summed E-state index contributed by atoms with van der Waals surface area (Å²) in [4.78, 5) is 12.0. The lowest BCUT2D eigenvalue weighted by Crippen LogP contribution is -2.29. The molecule has 5 nitrogen and oxygen atoms in total. The quantitative estimate of drug-likeness (QED) is 0.594. The third-order valence-corrected chi connectivity index (χ3v) is 3.55. The number of nitro benzene ring substituents is 1. The average Bonchev–Trinajstić information content (AvgIpc) is 2.32. The van der Waals surface area contributed by atoms with Crippen molar-refractivity contribution in [1.29, 1.82) is 0 Å². The Kier molecular flexibility index (Phi) is 4.36. The number of benzene rings is 1. The SMILES string of the molecule is CN(CC1CCC1)c1ccc([N+](=O)[O-])c(OC(F)F)c1. The van der Waals surface area contributed by atoms with E-state index in [4.69, 9.17) is 0 Å². The number of halogens is 2. The monoisotopic (exact) mass is 286 g/mol. The van der Waals surface area contributed by atoms with Crippen molar-refractivity contribution in [3.05, 3.63) is 28.3 Å². The number of rotatable bonds is 6. The second-order valence-electron chi connectivity index (χ2n) is 4.97. The summed E-state index contributed by atoms with van der Waals surface area (Å²) >= 11 is 0. The highest BCUT2D eigenvalue weighted by Crippen LogP contribution is 2.34. The molecule has 20 heavy (non-hydrogen) atoms. The Bertz CT molecular complexity index is 493. The first-order chi connectivity index (χ1) is 9.47. The highest BCUT2D eigenvalue weighted by Gasteiger charge is 2.22. The van der Waals surface area contributed by atoms with Crippen LogP contribution in [-0.2, 0) is 0 Å². The summed E-state index contributed by atoms with van der Waals surface area (Å²) in [6.45, 7) is -2.27. The molecule has 1 aromatic rings. The predicted octanol–water partition coefficient (Wildman–Crippen LogP) is 3.43. The number of anilines is 1. The van der Waals surface area contributed by atoms with Gasteiger partial charge in [0, 0.05) is 31.4 Å². The lowest BCUT2D eigenvalue weighted by Gasteiger charge is -2.31. The molecule has 0 N–H and O–H groups in total. The minimum atomic E-state index is -3.08. The molecule has 0 unspecified atom stereocenters. The number of hydrogen-bond acceptors (Lipinski definition) is 4. The Morgan fingerprint density at radius 2 is 2.20 bits per heavy atom. The zero-order valence-corrected chi connectivity index (χ0v) is 11.1. The second-order valence-corrected chi connectivity index (χ2v) is 4.97. The lowest BCUT2D eigenvalue weighted by atomic mass is 9.85. The Hall–Kier alpha value is -1.92. The van der Waals surface area contributed by atoms with Crippen molar-refractivity contribution in [3.63, 3.8) is 0 Å². The highest BCUT2D eigenvalue weighted by molar-refractivity contribution is 5.59. The minimum Gasteiger partial charge on any atom is -0.427 e. The van der Waals surface area contributed by atoms with Crippen molar-refractivity contribution in [1.82, 2.24) is 0 Å². The predicted molar refractivity (Wildman–Crippen MR) is 70.3 cm³/mol. The molecular weight excluding hydrogens is 270 g/mol. The third kappa shape index (κ3) is 3.34. The number of nitro groups is 1. The maximum Gasteiger partial charge on any atom is 0.387 e. The van der Waals surface area contributed by atoms with Crippen LogP contribution in [0.25, 0.3) is 0 Å². The van der Waals surface area contributed by atoms with Crippen LogP contribution in [0.5, 0.6) is 5.75 Å². The van der Waals surface area contributed by atoms with Crippen molar-refractivity contribution in [2.24, 2.45) is 5.92 Å². The van der Waals surface area contributed by atoms with Gasteiger partial charge in [-0.3, -0.25) is 10.1 Å². The topological polar surface area (TPSA) is 55.6 Å². The zero-order chi connectivity index (χ0) is 14.7. The molecule has 0 amide bonds. The van der Waals surface area contributed by atoms with Crippen LogP contribution >= 0.6 is 0 Å². The first-order valence-corrected chi connectivity index (χ1v) is 6.41. The molecule has 0 saturated heterocycles. The van der Waals surface area contributed by atoms with Gasteiger partial charge < -0.3 is 9.64 Å². The number of hydrogen-bond donors (Lipinski definition) is 0. The van der Waals surface area contributed by atoms with Gasteiger partial charge in [0.25, 0.3) is 0 Å². The molecule has 0 atom stereocenters. The minimum absolute atomic E-state index is 0.400. The largest absolute Gasteiger partial charge is 0.427 e. The standard InChI is InChI=1S/C13H16F2N2O3/c1-16(8-9-3-2-4-9)10-5-6-11(17(18)19)12(7-10)20-13(14)15/h5-7,9,13H,2-4,8H2,1H3. The summed E-state index contributed by atoms with van der Waals surface area (Å²) in [6, 6.07) is 4.04. The molecule has 0 radical (unpaired) electrons. The van der Waals surface area contributed by atoms with Crippen LogP contribution in [-0.4, -0.2) is 25.1 Å². The van der Waals surface area contributed by atoms with E-state index in [1.165, 1.54) is 18.6 Å². The van der Waals surface area contributed by atoms with E-state index in [-0.39, 0.29) is 0 Å². The molecule has 0 aliphatic heterocycles. The molecule has 0 aromatic heterocycles. The molecule has 1 saturated carbocycles. The Balaban J connectivity index is 2.18. The molecule has 0 bridgehead atoms. The van der Waals surface area contributed by atoms with Gasteiger partial charge >= 0.3 is 12.3 Å². The average molecular weight is 286 g/mol. The van der Waals surface area contributed by atoms with E-state index in [9.17, 15) is 18.9 Å². The summed E-state index contributed by atoms with van der Waals surface area (Å²) in [5.74, 6) is 0.206. The summed E-state index contributed by atoms with van der Waals surface area (Å²) in [5.41, 5.74) is 0.184. The molecule has 2 rings (SSSR count). The lowest BCUT2D eigenvalue weighted by molar-refractivity contribution is -0.386. The van der Waals surface area contributed by atoms with E-state index >= 15 is 0 Å². The fourth-order valence-corrected chi connectivity index (χ4v) is 2.25. The highest BCUT2D eigenvalue weighted by atomic mass is 19.3. The van der Waals surface area contributed by atoms with Crippen molar-refractivity contribution < 1.29 is 18.4 Å². The summed E-state index contributed by atoms with van der Waals surface area (Å²) in [7, 11) is 1.84. The maximum absolute atomic E-state index is 12.3. The molecule has 1 aliphatic carbocycles. The van der Waals surface area contributed by atoms with Gasteiger partial charge in [-0.15, -0.1) is 0 Å². The number of nitrogens with zero attached hydrogens (tertiary/aromatic N) is 2. The van der Waals surface area contributed by atoms with E-state index < -0.39 is 23.0 Å². The fraction of sp³-hybridized carbons (Fsp3) is 0.538. The molecular formula is C13H16F2N2O3. The zero-order valence-electron chi connectivity index (χ0n) is 11.1. The van der Waals surface area contributed by atoms with Crippen LogP contribution in [0.1, 0.15) is 19.3 Å². The van der Waals surface area contributed by atoms with E-state index in [1.54, 1.807) is 6.07 Å². The van der Waals surface area contributed by atoms with Crippen molar-refractivity contribution in [2.45, 2.75) is 25.9 Å². The van der Waals surface area contributed by atoms with Crippen molar-refractivity contribution in [3.8, 4) is 5.75 Å². The normalized spacial score (nSPS) is 15.0. The van der Waals surface area contributed by atoms with E-state index in [1.807, 2.05) is 11.9 Å². The van der Waals surface area contributed by atoms with Crippen LogP contribution < -0.4 is 9.64 Å². The van der Waals surface area contributed by atoms with Crippen LogP contribution in [0.2, 0.25) is 0 Å². The van der Waals surface area contributed by atoms with Gasteiger partial charge in [0.15, 0.2) is 0 Å². The maximum atomic E-state index is 12.3. The van der Waals surface area contributed by atoms with Gasteiger partial charge in [-0.1, -0.05) is 6.42 Å². The van der Waals surface area contributed by atoms with Gasteiger partial charge in [0.1, 0.15) is 0 Å². The third-order valence-electron chi connectivity index (χ3n) is 3.55. The Morgan fingerprint density at radius 1 is 1.50 bits per heavy atom. The summed E-state index contributed by atoms with van der Waals surface area (Å²) < 4.78 is 28.9. The summed E-state index contributed by atoms with van der Waals surface area (Å²) in [5, 5.41) is 10.8. The Labute approximate surface area is 115 Å². The molecule has 0 spiro atoms. The number of alkyl halides is 2. The van der Waals surface area contributed by atoms with Gasteiger partial charge in [-0.25, -0.2) is 0 Å². The first kappa shape index (κ1) is 14.5. The van der Waals surface area contributed by atoms with E-state index in [2.05, 4.69) is 4.74 Å². The van der Waals surface area contributed by atoms with E-state index in [0.29, 0.717) is 11.6 Å². The van der Waals surface area contributed by atoms with Gasteiger partial charge in [0.2, 0.25) is 5.75 Å². The van der Waals surface area contributed by atoms with Gasteiger partial charge in [0.05, 0.1) is 4.92 Å². The number of ether oxygens (including phenoxy) is 1. The fourth-order valence-electron chi connectivity index (χ4n) is 2.25. The molecule has 7 heteroatoms. The molecule has 1 aliphatic rings. The molecule has 0 heterocycles. The van der Waals surface area contributed by atoms with Crippen LogP contribution in [0, 0.1) is 16.0 Å². The van der Waals surface area contributed by atoms with Gasteiger partial charge in [-0.2, -0.15) is 8.78 Å². The second kappa shape index (κ2) is 6.02. The summed E-state index contributed by atoms with van der Waals surface area (Å²) in [6.07, 6.45) is 3.55. The van der Waals surface area contributed by atoms with Crippen molar-refractivity contribution in [2.75, 3.05) is 18.5 Å². The van der Waals surface area contributed by atoms with Crippen LogP contribution in [0.4, 0.5) is 20.2 Å². The smallest absolute Gasteiger partial charge is 0.387 e. The van der Waals surface area contributed by atoms with Gasteiger partial charge in [-0.05, 0) is 24.8 Å². The molecule has 110 valence electrons. The van der Waals surface area contributed by atoms with Crippen molar-refractivity contribution >= 4 is 11.4 Å². The molecule has 1 fully saturated rings. The first-order valence-electron chi connectivity index (χ1n) is 6.41. The van der Waals surface area contributed by atoms with Crippen LogP contribution in [0.15, 0.2) is 18.2 Å².